The van der Waals surface area contributed by atoms with Gasteiger partial charge in [-0.1, -0.05) is 11.6 Å². The van der Waals surface area contributed by atoms with E-state index >= 15 is 0 Å². The largest absolute Gasteiger partial charge is 0.373 e. The summed E-state index contributed by atoms with van der Waals surface area (Å²) in [5, 5.41) is 10.8. The van der Waals surface area contributed by atoms with Gasteiger partial charge in [-0.15, -0.1) is 0 Å². The van der Waals surface area contributed by atoms with Crippen LogP contribution in [0.15, 0.2) is 23.1 Å². The van der Waals surface area contributed by atoms with Crippen molar-refractivity contribution in [2.45, 2.75) is 24.3 Å². The maximum atomic E-state index is 12.6. The van der Waals surface area contributed by atoms with Crippen LogP contribution in [0.3, 0.4) is 0 Å². The lowest BCUT2D eigenvalue weighted by atomic mass is 10.1. The van der Waals surface area contributed by atoms with E-state index < -0.39 is 20.5 Å². The van der Waals surface area contributed by atoms with Crippen molar-refractivity contribution in [1.82, 2.24) is 4.31 Å². The maximum Gasteiger partial charge on any atom is 0.270 e. The molecule has 9 heteroatoms. The van der Waals surface area contributed by atoms with Crippen LogP contribution in [0.1, 0.15) is 13.8 Å². The molecule has 21 heavy (non-hydrogen) atoms. The van der Waals surface area contributed by atoms with Crippen LogP contribution < -0.4 is 0 Å². The molecule has 0 radical (unpaired) electrons. The van der Waals surface area contributed by atoms with Crippen LogP contribution in [0.2, 0.25) is 5.02 Å². The number of hydrogen-bond donors (Lipinski definition) is 0. The summed E-state index contributed by atoms with van der Waals surface area (Å²) in [5.74, 6) is 0. The Balaban J connectivity index is 2.44. The first-order valence-electron chi connectivity index (χ1n) is 6.21. The van der Waals surface area contributed by atoms with E-state index in [2.05, 4.69) is 0 Å². The highest BCUT2D eigenvalue weighted by molar-refractivity contribution is 7.89. The predicted molar refractivity (Wildman–Crippen MR) is 76.9 cm³/mol. The number of nitro benzene ring substituents is 1. The Morgan fingerprint density at radius 1 is 1.43 bits per heavy atom. The molecule has 2 rings (SSSR count). The first-order chi connectivity index (χ1) is 9.63. The molecule has 1 fully saturated rings. The number of nitro groups is 1. The van der Waals surface area contributed by atoms with E-state index in [1.54, 1.807) is 13.8 Å². The summed E-state index contributed by atoms with van der Waals surface area (Å²) in [6.45, 7) is 4.17. The van der Waals surface area contributed by atoms with E-state index in [1.165, 1.54) is 16.4 Å². The number of morpholine rings is 1. The number of sulfonamides is 1. The van der Waals surface area contributed by atoms with E-state index in [1.807, 2.05) is 0 Å². The van der Waals surface area contributed by atoms with Gasteiger partial charge in [-0.2, -0.15) is 4.31 Å². The fraction of sp³-hybridized carbons (Fsp3) is 0.500. The number of ether oxygens (including phenoxy) is 1. The van der Waals surface area contributed by atoms with Crippen molar-refractivity contribution in [3.05, 3.63) is 33.3 Å². The summed E-state index contributed by atoms with van der Waals surface area (Å²) in [6, 6.07) is 3.38. The Hall–Kier alpha value is -1.22. The Bertz CT molecular complexity index is 674. The minimum absolute atomic E-state index is 0.0371. The van der Waals surface area contributed by atoms with Crippen molar-refractivity contribution in [2.75, 3.05) is 19.7 Å². The summed E-state index contributed by atoms with van der Waals surface area (Å²) in [7, 11) is -3.90. The lowest BCUT2D eigenvalue weighted by Gasteiger charge is -2.37. The summed E-state index contributed by atoms with van der Waals surface area (Å²) in [5.41, 5.74) is -0.927. The third-order valence-electron chi connectivity index (χ3n) is 3.13. The van der Waals surface area contributed by atoms with Gasteiger partial charge in [-0.25, -0.2) is 8.42 Å². The molecule has 0 bridgehead atoms. The molecule has 0 aliphatic carbocycles. The number of rotatable bonds is 3. The molecule has 0 atom stereocenters. The van der Waals surface area contributed by atoms with Gasteiger partial charge in [0.2, 0.25) is 10.0 Å². The van der Waals surface area contributed by atoms with Gasteiger partial charge in [0.15, 0.2) is 0 Å². The monoisotopic (exact) mass is 334 g/mol. The van der Waals surface area contributed by atoms with Crippen molar-refractivity contribution >= 4 is 27.3 Å². The summed E-state index contributed by atoms with van der Waals surface area (Å²) < 4.78 is 32.0. The van der Waals surface area contributed by atoms with Crippen LogP contribution in [0.25, 0.3) is 0 Å². The van der Waals surface area contributed by atoms with Crippen molar-refractivity contribution in [1.29, 1.82) is 0 Å². The smallest absolute Gasteiger partial charge is 0.270 e. The van der Waals surface area contributed by atoms with Crippen molar-refractivity contribution in [3.8, 4) is 0 Å². The zero-order valence-corrected chi connectivity index (χ0v) is 13.1. The van der Waals surface area contributed by atoms with Crippen molar-refractivity contribution in [3.63, 3.8) is 0 Å². The van der Waals surface area contributed by atoms with Gasteiger partial charge in [0.05, 0.1) is 22.2 Å². The highest BCUT2D eigenvalue weighted by Gasteiger charge is 2.36. The lowest BCUT2D eigenvalue weighted by Crippen LogP contribution is -2.50. The van der Waals surface area contributed by atoms with E-state index in [9.17, 15) is 18.5 Å². The molecule has 1 saturated heterocycles. The van der Waals surface area contributed by atoms with Gasteiger partial charge in [0.1, 0.15) is 4.90 Å². The average molecular weight is 335 g/mol. The van der Waals surface area contributed by atoms with Crippen molar-refractivity contribution < 1.29 is 18.1 Å². The molecule has 1 aliphatic heterocycles. The second kappa shape index (κ2) is 5.53. The van der Waals surface area contributed by atoms with Crippen LogP contribution in [-0.2, 0) is 14.8 Å². The highest BCUT2D eigenvalue weighted by atomic mass is 35.5. The molecular weight excluding hydrogens is 320 g/mol. The number of non-ortho nitro benzene ring substituents is 1. The first-order valence-corrected chi connectivity index (χ1v) is 8.03. The Kier molecular flexibility index (Phi) is 4.25. The van der Waals surface area contributed by atoms with Crippen LogP contribution in [0.5, 0.6) is 0 Å². The second-order valence-corrected chi connectivity index (χ2v) is 7.63. The summed E-state index contributed by atoms with van der Waals surface area (Å²) in [4.78, 5) is 9.90. The SMILES string of the molecule is CC1(C)CN(S(=O)(=O)c2cc([N+](=O)[O-])ccc2Cl)CCO1. The summed E-state index contributed by atoms with van der Waals surface area (Å²) >= 11 is 5.92. The summed E-state index contributed by atoms with van der Waals surface area (Å²) in [6.07, 6.45) is 0. The zero-order valence-electron chi connectivity index (χ0n) is 11.6. The average Bonchev–Trinajstić information content (AvgIpc) is 2.37. The fourth-order valence-corrected chi connectivity index (χ4v) is 4.19. The molecule has 1 aromatic rings. The molecule has 0 spiro atoms. The lowest BCUT2D eigenvalue weighted by molar-refractivity contribution is -0.385. The van der Waals surface area contributed by atoms with Gasteiger partial charge < -0.3 is 4.74 Å². The highest BCUT2D eigenvalue weighted by Crippen LogP contribution is 2.30. The molecule has 1 aliphatic rings. The van der Waals surface area contributed by atoms with Gasteiger partial charge in [0, 0.05) is 25.2 Å². The minimum Gasteiger partial charge on any atom is -0.373 e. The van der Waals surface area contributed by atoms with Gasteiger partial charge in [-0.05, 0) is 19.9 Å². The van der Waals surface area contributed by atoms with E-state index in [0.29, 0.717) is 0 Å². The minimum atomic E-state index is -3.90. The van der Waals surface area contributed by atoms with Gasteiger partial charge >= 0.3 is 0 Å². The Morgan fingerprint density at radius 3 is 2.67 bits per heavy atom. The topological polar surface area (TPSA) is 89.8 Å². The van der Waals surface area contributed by atoms with E-state index in [0.717, 1.165) is 6.07 Å². The molecule has 1 aromatic carbocycles. The normalized spacial score (nSPS) is 19.4. The molecule has 1 heterocycles. The molecule has 7 nitrogen and oxygen atoms in total. The molecular formula is C12H15ClN2O5S. The molecule has 116 valence electrons. The predicted octanol–water partition coefficient (Wildman–Crippen LogP) is 2.05. The first kappa shape index (κ1) is 16.2. The third kappa shape index (κ3) is 3.34. The number of nitrogens with zero attached hydrogens (tertiary/aromatic N) is 2. The number of halogens is 1. The Morgan fingerprint density at radius 2 is 2.10 bits per heavy atom. The number of benzene rings is 1. The second-order valence-electron chi connectivity index (χ2n) is 5.32. The van der Waals surface area contributed by atoms with Crippen LogP contribution in [0.4, 0.5) is 5.69 Å². The number of hydrogen-bond acceptors (Lipinski definition) is 5. The Labute approximate surface area is 127 Å². The van der Waals surface area contributed by atoms with E-state index in [-0.39, 0.29) is 35.3 Å². The van der Waals surface area contributed by atoms with Crippen LogP contribution >= 0.6 is 11.6 Å². The molecule has 0 amide bonds. The third-order valence-corrected chi connectivity index (χ3v) is 5.46. The van der Waals surface area contributed by atoms with Gasteiger partial charge in [0.25, 0.3) is 5.69 Å². The van der Waals surface area contributed by atoms with Crippen molar-refractivity contribution in [2.24, 2.45) is 0 Å². The molecule has 0 unspecified atom stereocenters. The molecule has 0 saturated carbocycles. The fourth-order valence-electron chi connectivity index (χ4n) is 2.12. The van der Waals surface area contributed by atoms with E-state index in [4.69, 9.17) is 16.3 Å². The maximum absolute atomic E-state index is 12.6. The van der Waals surface area contributed by atoms with Crippen LogP contribution in [0, 0.1) is 10.1 Å². The van der Waals surface area contributed by atoms with Gasteiger partial charge in [-0.3, -0.25) is 10.1 Å². The molecule has 0 aromatic heterocycles. The quantitative estimate of drug-likeness (QED) is 0.623. The molecule has 0 N–H and O–H groups in total. The standard InChI is InChI=1S/C12H15ClN2O5S/c1-12(2)8-14(5-6-20-12)21(18,19)11-7-9(15(16)17)3-4-10(11)13/h3-4,7H,5-6,8H2,1-2H3. The van der Waals surface area contributed by atoms with Crippen LogP contribution in [-0.4, -0.2) is 42.9 Å². The zero-order chi connectivity index (χ0) is 15.8.